The van der Waals surface area contributed by atoms with Crippen molar-refractivity contribution in [1.82, 2.24) is 24.8 Å². The van der Waals surface area contributed by atoms with Crippen LogP contribution in [0.1, 0.15) is 18.2 Å². The first-order valence-electron chi connectivity index (χ1n) is 6.08. The Balaban J connectivity index is 2.16. The molecule has 17 heavy (non-hydrogen) atoms. The van der Waals surface area contributed by atoms with Crippen LogP contribution in [-0.2, 0) is 7.05 Å². The van der Waals surface area contributed by atoms with E-state index in [1.165, 1.54) is 6.42 Å². The number of nitrogens with zero attached hydrogens (tertiary/aromatic N) is 5. The van der Waals surface area contributed by atoms with Gasteiger partial charge < -0.3 is 15.5 Å². The van der Waals surface area contributed by atoms with Crippen LogP contribution in [0.5, 0.6) is 0 Å². The monoisotopic (exact) mass is 238 g/mol. The minimum atomic E-state index is -0.0412. The summed E-state index contributed by atoms with van der Waals surface area (Å²) in [6, 6.07) is 0.278. The second-order valence-corrected chi connectivity index (χ2v) is 4.97. The van der Waals surface area contributed by atoms with Crippen molar-refractivity contribution in [3.63, 3.8) is 0 Å². The summed E-state index contributed by atoms with van der Waals surface area (Å²) in [5, 5.41) is 7.86. The Labute approximate surface area is 102 Å². The molecule has 0 amide bonds. The van der Waals surface area contributed by atoms with Crippen molar-refractivity contribution < 1.29 is 0 Å². The van der Waals surface area contributed by atoms with Crippen LogP contribution >= 0.6 is 0 Å². The van der Waals surface area contributed by atoms with Crippen LogP contribution in [0.15, 0.2) is 6.20 Å². The fourth-order valence-corrected chi connectivity index (χ4v) is 2.49. The van der Waals surface area contributed by atoms with Crippen LogP contribution in [0.25, 0.3) is 0 Å². The van der Waals surface area contributed by atoms with E-state index >= 15 is 0 Å². The first-order chi connectivity index (χ1) is 8.09. The zero-order valence-electron chi connectivity index (χ0n) is 10.9. The highest BCUT2D eigenvalue weighted by molar-refractivity contribution is 5.06. The molecule has 0 radical (unpaired) electrons. The van der Waals surface area contributed by atoms with Gasteiger partial charge in [-0.3, -0.25) is 4.68 Å². The predicted octanol–water partition coefficient (Wildman–Crippen LogP) is -0.549. The van der Waals surface area contributed by atoms with Gasteiger partial charge in [-0.05, 0) is 33.6 Å². The molecule has 2 N–H and O–H groups in total. The minimum absolute atomic E-state index is 0.0412. The summed E-state index contributed by atoms with van der Waals surface area (Å²) in [6.45, 7) is 3.22. The first-order valence-corrected chi connectivity index (χ1v) is 6.08. The van der Waals surface area contributed by atoms with Gasteiger partial charge in [0.25, 0.3) is 0 Å². The zero-order valence-corrected chi connectivity index (χ0v) is 10.9. The van der Waals surface area contributed by atoms with Gasteiger partial charge in [0.15, 0.2) is 0 Å². The largest absolute Gasteiger partial charge is 0.321 e. The Bertz CT molecular complexity index is 363. The number of hydrogen-bond donors (Lipinski definition) is 1. The summed E-state index contributed by atoms with van der Waals surface area (Å²) < 4.78 is 1.77. The molecule has 6 nitrogen and oxygen atoms in total. The Morgan fingerprint density at radius 2 is 2.12 bits per heavy atom. The minimum Gasteiger partial charge on any atom is -0.321 e. The van der Waals surface area contributed by atoms with Crippen molar-refractivity contribution in [1.29, 1.82) is 0 Å². The lowest BCUT2D eigenvalue weighted by Gasteiger charge is -2.32. The molecule has 1 aromatic rings. The highest BCUT2D eigenvalue weighted by Crippen LogP contribution is 2.19. The van der Waals surface area contributed by atoms with Crippen molar-refractivity contribution >= 4 is 0 Å². The van der Waals surface area contributed by atoms with E-state index in [0.717, 1.165) is 25.3 Å². The maximum Gasteiger partial charge on any atom is 0.0767 e. The van der Waals surface area contributed by atoms with Crippen LogP contribution in [0, 0.1) is 0 Å². The standard InChI is InChI=1S/C11H22N6/c1-15-5-4-6-16(2)10(8-15)11(12)9-7-13-14-17(9)3/h7,10-11H,4-6,8,12H2,1-3H3. The predicted molar refractivity (Wildman–Crippen MR) is 66.5 cm³/mol. The molecular weight excluding hydrogens is 216 g/mol. The van der Waals surface area contributed by atoms with E-state index in [2.05, 4.69) is 34.2 Å². The molecule has 0 spiro atoms. The lowest BCUT2D eigenvalue weighted by molar-refractivity contribution is 0.193. The third kappa shape index (κ3) is 2.65. The summed E-state index contributed by atoms with van der Waals surface area (Å²) in [7, 11) is 6.19. The Kier molecular flexibility index (Phi) is 3.76. The summed E-state index contributed by atoms with van der Waals surface area (Å²) in [5.41, 5.74) is 7.37. The molecule has 1 saturated heterocycles. The second kappa shape index (κ2) is 5.12. The van der Waals surface area contributed by atoms with Crippen molar-refractivity contribution in [3.8, 4) is 0 Å². The second-order valence-electron chi connectivity index (χ2n) is 4.97. The smallest absolute Gasteiger partial charge is 0.0767 e. The van der Waals surface area contributed by atoms with Gasteiger partial charge in [-0.25, -0.2) is 0 Å². The van der Waals surface area contributed by atoms with Gasteiger partial charge in [-0.1, -0.05) is 5.21 Å². The van der Waals surface area contributed by atoms with E-state index < -0.39 is 0 Å². The molecule has 1 aliphatic heterocycles. The third-order valence-corrected chi connectivity index (χ3v) is 3.62. The third-order valence-electron chi connectivity index (χ3n) is 3.62. The molecule has 1 fully saturated rings. The van der Waals surface area contributed by atoms with Crippen LogP contribution < -0.4 is 5.73 Å². The molecule has 2 rings (SSSR count). The van der Waals surface area contributed by atoms with Crippen LogP contribution in [-0.4, -0.2) is 64.6 Å². The lowest BCUT2D eigenvalue weighted by Crippen LogP contribution is -2.45. The number of aromatic nitrogens is 3. The van der Waals surface area contributed by atoms with E-state index in [0.29, 0.717) is 6.04 Å². The summed E-state index contributed by atoms with van der Waals surface area (Å²) >= 11 is 0. The maximum absolute atomic E-state index is 6.37. The van der Waals surface area contributed by atoms with Crippen LogP contribution in [0.4, 0.5) is 0 Å². The van der Waals surface area contributed by atoms with E-state index in [9.17, 15) is 0 Å². The summed E-state index contributed by atoms with van der Waals surface area (Å²) in [6.07, 6.45) is 2.96. The van der Waals surface area contributed by atoms with Crippen molar-refractivity contribution in [3.05, 3.63) is 11.9 Å². The molecule has 2 heterocycles. The number of nitrogens with two attached hydrogens (primary N) is 1. The average Bonchev–Trinajstić information content (AvgIpc) is 2.63. The highest BCUT2D eigenvalue weighted by atomic mass is 15.4. The maximum atomic E-state index is 6.37. The van der Waals surface area contributed by atoms with Crippen molar-refractivity contribution in [2.24, 2.45) is 12.8 Å². The van der Waals surface area contributed by atoms with Gasteiger partial charge in [-0.2, -0.15) is 0 Å². The van der Waals surface area contributed by atoms with E-state index in [-0.39, 0.29) is 6.04 Å². The summed E-state index contributed by atoms with van der Waals surface area (Å²) in [4.78, 5) is 4.69. The van der Waals surface area contributed by atoms with E-state index in [1.54, 1.807) is 10.9 Å². The van der Waals surface area contributed by atoms with Gasteiger partial charge in [0.05, 0.1) is 17.9 Å². The lowest BCUT2D eigenvalue weighted by atomic mass is 10.0. The first kappa shape index (κ1) is 12.5. The molecule has 0 aliphatic carbocycles. The fourth-order valence-electron chi connectivity index (χ4n) is 2.49. The Morgan fingerprint density at radius 1 is 1.35 bits per heavy atom. The van der Waals surface area contributed by atoms with E-state index in [1.807, 2.05) is 7.05 Å². The van der Waals surface area contributed by atoms with Crippen LogP contribution in [0.2, 0.25) is 0 Å². The number of rotatable bonds is 2. The number of hydrogen-bond acceptors (Lipinski definition) is 5. The Hall–Kier alpha value is -0.980. The molecule has 0 saturated carbocycles. The topological polar surface area (TPSA) is 63.2 Å². The summed E-state index contributed by atoms with van der Waals surface area (Å²) in [5.74, 6) is 0. The highest BCUT2D eigenvalue weighted by Gasteiger charge is 2.28. The van der Waals surface area contributed by atoms with E-state index in [4.69, 9.17) is 5.73 Å². The zero-order chi connectivity index (χ0) is 12.4. The molecule has 0 aromatic carbocycles. The van der Waals surface area contributed by atoms with Gasteiger partial charge in [0.2, 0.25) is 0 Å². The van der Waals surface area contributed by atoms with Gasteiger partial charge >= 0.3 is 0 Å². The SMILES string of the molecule is CN1CCCN(C)C(C(N)c2cnnn2C)C1. The quantitative estimate of drug-likeness (QED) is 0.749. The Morgan fingerprint density at radius 3 is 2.76 bits per heavy atom. The molecule has 1 aliphatic rings. The molecular formula is C11H22N6. The molecule has 2 atom stereocenters. The number of likely N-dealkylation sites (N-methyl/N-ethyl adjacent to an activating group) is 2. The molecule has 1 aromatic heterocycles. The average molecular weight is 238 g/mol. The molecule has 2 unspecified atom stereocenters. The molecule has 96 valence electrons. The van der Waals surface area contributed by atoms with Crippen molar-refractivity contribution in [2.75, 3.05) is 33.7 Å². The fraction of sp³-hybridized carbons (Fsp3) is 0.818. The van der Waals surface area contributed by atoms with Gasteiger partial charge in [0.1, 0.15) is 0 Å². The normalized spacial score (nSPS) is 25.8. The van der Waals surface area contributed by atoms with Gasteiger partial charge in [-0.15, -0.1) is 5.10 Å². The van der Waals surface area contributed by atoms with Crippen molar-refractivity contribution in [2.45, 2.75) is 18.5 Å². The molecule has 6 heteroatoms. The number of aryl methyl sites for hydroxylation is 1. The van der Waals surface area contributed by atoms with Crippen LogP contribution in [0.3, 0.4) is 0 Å². The molecule has 0 bridgehead atoms. The van der Waals surface area contributed by atoms with Gasteiger partial charge in [0, 0.05) is 19.6 Å².